The van der Waals surface area contributed by atoms with Crippen molar-refractivity contribution in [2.24, 2.45) is 0 Å². The van der Waals surface area contributed by atoms with Crippen molar-refractivity contribution < 1.29 is 0 Å². The smallest absolute Gasteiger partial charge is 0.121 e. The highest BCUT2D eigenvalue weighted by molar-refractivity contribution is 5.74. The van der Waals surface area contributed by atoms with Gasteiger partial charge in [-0.25, -0.2) is 4.98 Å². The van der Waals surface area contributed by atoms with Crippen LogP contribution >= 0.6 is 0 Å². The molecule has 0 radical (unpaired) electrons. The Labute approximate surface area is 149 Å². The number of aryl methyl sites for hydroxylation is 1. The van der Waals surface area contributed by atoms with E-state index in [0.29, 0.717) is 6.04 Å². The second-order valence-electron chi connectivity index (χ2n) is 6.98. The average Bonchev–Trinajstić information content (AvgIpc) is 3.07. The van der Waals surface area contributed by atoms with Gasteiger partial charge in [-0.05, 0) is 56.0 Å². The lowest BCUT2D eigenvalue weighted by molar-refractivity contribution is 0.160. The van der Waals surface area contributed by atoms with Crippen molar-refractivity contribution in [3.8, 4) is 0 Å². The van der Waals surface area contributed by atoms with Gasteiger partial charge in [-0.1, -0.05) is 31.5 Å². The summed E-state index contributed by atoms with van der Waals surface area (Å²) in [4.78, 5) is 15.6. The molecule has 0 fully saturated rings. The van der Waals surface area contributed by atoms with E-state index in [0.717, 1.165) is 36.4 Å². The van der Waals surface area contributed by atoms with Crippen LogP contribution in [0.4, 0.5) is 0 Å². The molecule has 3 aromatic rings. The summed E-state index contributed by atoms with van der Waals surface area (Å²) in [6, 6.07) is 13.0. The predicted molar refractivity (Wildman–Crippen MR) is 101 cm³/mol. The Balaban J connectivity index is 1.62. The molecule has 1 aromatic carbocycles. The maximum Gasteiger partial charge on any atom is 0.121 e. The SMILES string of the molecule is CCCCN(Cc1nc2ccccc2[nH]1)C1CCCc2cccnc21. The number of nitrogens with one attached hydrogen (secondary N) is 1. The fraction of sp³-hybridized carbons (Fsp3) is 0.429. The second kappa shape index (κ2) is 7.36. The maximum absolute atomic E-state index is 4.79. The van der Waals surface area contributed by atoms with E-state index in [1.165, 1.54) is 36.9 Å². The van der Waals surface area contributed by atoms with Gasteiger partial charge in [0.25, 0.3) is 0 Å². The summed E-state index contributed by atoms with van der Waals surface area (Å²) in [7, 11) is 0. The first-order valence-corrected chi connectivity index (χ1v) is 9.46. The van der Waals surface area contributed by atoms with Gasteiger partial charge in [0.15, 0.2) is 0 Å². The van der Waals surface area contributed by atoms with Crippen LogP contribution in [-0.2, 0) is 13.0 Å². The number of rotatable bonds is 6. The fourth-order valence-electron chi connectivity index (χ4n) is 3.92. The van der Waals surface area contributed by atoms with Crippen LogP contribution in [-0.4, -0.2) is 26.4 Å². The molecule has 4 heteroatoms. The minimum atomic E-state index is 0.407. The molecule has 0 bridgehead atoms. The first kappa shape index (κ1) is 16.3. The lowest BCUT2D eigenvalue weighted by Crippen LogP contribution is -2.33. The van der Waals surface area contributed by atoms with Gasteiger partial charge in [-0.3, -0.25) is 9.88 Å². The molecule has 0 saturated heterocycles. The van der Waals surface area contributed by atoms with Crippen molar-refractivity contribution in [1.29, 1.82) is 0 Å². The fourth-order valence-corrected chi connectivity index (χ4v) is 3.92. The number of nitrogens with zero attached hydrogens (tertiary/aromatic N) is 3. The van der Waals surface area contributed by atoms with Gasteiger partial charge in [0, 0.05) is 6.20 Å². The molecule has 2 heterocycles. The van der Waals surface area contributed by atoms with Crippen molar-refractivity contribution in [1.82, 2.24) is 19.9 Å². The molecule has 0 saturated carbocycles. The number of fused-ring (bicyclic) bond motifs is 2. The summed E-state index contributed by atoms with van der Waals surface area (Å²) < 4.78 is 0. The molecule has 25 heavy (non-hydrogen) atoms. The molecular formula is C21H26N4. The highest BCUT2D eigenvalue weighted by atomic mass is 15.2. The Morgan fingerprint density at radius 1 is 1.20 bits per heavy atom. The van der Waals surface area contributed by atoms with Crippen LogP contribution in [0.5, 0.6) is 0 Å². The summed E-state index contributed by atoms with van der Waals surface area (Å²) in [5, 5.41) is 0. The third-order valence-corrected chi connectivity index (χ3v) is 5.20. The zero-order valence-electron chi connectivity index (χ0n) is 14.9. The minimum absolute atomic E-state index is 0.407. The third-order valence-electron chi connectivity index (χ3n) is 5.20. The Hall–Kier alpha value is -2.20. The number of hydrogen-bond donors (Lipinski definition) is 1. The summed E-state index contributed by atoms with van der Waals surface area (Å²) in [6.45, 7) is 4.20. The number of aromatic amines is 1. The van der Waals surface area contributed by atoms with Crippen LogP contribution in [0.15, 0.2) is 42.6 Å². The maximum atomic E-state index is 4.79. The number of hydrogen-bond acceptors (Lipinski definition) is 3. The summed E-state index contributed by atoms with van der Waals surface area (Å²) >= 11 is 0. The van der Waals surface area contributed by atoms with Crippen molar-refractivity contribution in [2.45, 2.75) is 51.6 Å². The van der Waals surface area contributed by atoms with Crippen molar-refractivity contribution in [2.75, 3.05) is 6.54 Å². The molecule has 4 rings (SSSR count). The van der Waals surface area contributed by atoms with Crippen LogP contribution in [0.25, 0.3) is 11.0 Å². The monoisotopic (exact) mass is 334 g/mol. The van der Waals surface area contributed by atoms with Gasteiger partial charge >= 0.3 is 0 Å². The van der Waals surface area contributed by atoms with Gasteiger partial charge in [0.2, 0.25) is 0 Å². The minimum Gasteiger partial charge on any atom is -0.341 e. The predicted octanol–water partition coefficient (Wildman–Crippen LogP) is 4.64. The largest absolute Gasteiger partial charge is 0.341 e. The van der Waals surface area contributed by atoms with E-state index >= 15 is 0 Å². The topological polar surface area (TPSA) is 44.8 Å². The Morgan fingerprint density at radius 2 is 2.12 bits per heavy atom. The van der Waals surface area contributed by atoms with Crippen molar-refractivity contribution in [3.63, 3.8) is 0 Å². The van der Waals surface area contributed by atoms with E-state index < -0.39 is 0 Å². The van der Waals surface area contributed by atoms with Gasteiger partial charge < -0.3 is 4.98 Å². The zero-order chi connectivity index (χ0) is 17.1. The number of aromatic nitrogens is 3. The Bertz CT molecular complexity index is 806. The van der Waals surface area contributed by atoms with Crippen LogP contribution in [0, 0.1) is 0 Å². The van der Waals surface area contributed by atoms with Crippen LogP contribution in [0.3, 0.4) is 0 Å². The number of imidazole rings is 1. The van der Waals surface area contributed by atoms with Gasteiger partial charge in [0.1, 0.15) is 5.82 Å². The lowest BCUT2D eigenvalue weighted by Gasteiger charge is -2.34. The summed E-state index contributed by atoms with van der Waals surface area (Å²) in [5.41, 5.74) is 4.87. The molecular weight excluding hydrogens is 308 g/mol. The Kier molecular flexibility index (Phi) is 4.79. The first-order chi connectivity index (χ1) is 12.3. The number of pyridine rings is 1. The third kappa shape index (κ3) is 3.45. The van der Waals surface area contributed by atoms with E-state index in [-0.39, 0.29) is 0 Å². The number of H-pyrrole nitrogens is 1. The summed E-state index contributed by atoms with van der Waals surface area (Å²) in [6.07, 6.45) is 7.94. The van der Waals surface area contributed by atoms with E-state index in [4.69, 9.17) is 9.97 Å². The highest BCUT2D eigenvalue weighted by Crippen LogP contribution is 2.33. The molecule has 0 aliphatic heterocycles. The molecule has 1 atom stereocenters. The van der Waals surface area contributed by atoms with Gasteiger partial charge in [0.05, 0.1) is 29.3 Å². The van der Waals surface area contributed by atoms with E-state index in [9.17, 15) is 0 Å². The van der Waals surface area contributed by atoms with E-state index in [1.807, 2.05) is 12.3 Å². The molecule has 1 aliphatic rings. The molecule has 2 aromatic heterocycles. The van der Waals surface area contributed by atoms with Crippen LogP contribution in [0.1, 0.15) is 55.7 Å². The second-order valence-corrected chi connectivity index (χ2v) is 6.98. The average molecular weight is 334 g/mol. The van der Waals surface area contributed by atoms with Crippen LogP contribution < -0.4 is 0 Å². The number of benzene rings is 1. The summed E-state index contributed by atoms with van der Waals surface area (Å²) in [5.74, 6) is 1.06. The molecule has 1 N–H and O–H groups in total. The van der Waals surface area contributed by atoms with Gasteiger partial charge in [-0.2, -0.15) is 0 Å². The van der Waals surface area contributed by atoms with Crippen molar-refractivity contribution in [3.05, 3.63) is 59.7 Å². The quantitative estimate of drug-likeness (QED) is 0.714. The zero-order valence-corrected chi connectivity index (χ0v) is 14.9. The molecule has 0 amide bonds. The Morgan fingerprint density at radius 3 is 3.00 bits per heavy atom. The van der Waals surface area contributed by atoms with Gasteiger partial charge in [-0.15, -0.1) is 0 Å². The first-order valence-electron chi connectivity index (χ1n) is 9.46. The normalized spacial score (nSPS) is 17.1. The number of unbranched alkanes of at least 4 members (excludes halogenated alkanes) is 1. The van der Waals surface area contributed by atoms with E-state index in [2.05, 4.69) is 47.1 Å². The molecule has 1 unspecified atom stereocenters. The number of para-hydroxylation sites is 2. The van der Waals surface area contributed by atoms with Crippen molar-refractivity contribution >= 4 is 11.0 Å². The molecule has 130 valence electrons. The van der Waals surface area contributed by atoms with Crippen LogP contribution in [0.2, 0.25) is 0 Å². The molecule has 0 spiro atoms. The molecule has 4 nitrogen and oxygen atoms in total. The highest BCUT2D eigenvalue weighted by Gasteiger charge is 2.27. The molecule has 1 aliphatic carbocycles. The van der Waals surface area contributed by atoms with E-state index in [1.54, 1.807) is 0 Å². The lowest BCUT2D eigenvalue weighted by atomic mass is 9.90. The standard InChI is InChI=1S/C21H26N4/c1-2-3-14-25(15-20-23-17-10-4-5-11-18(17)24-20)19-12-6-8-16-9-7-13-22-21(16)19/h4-5,7,9-11,13,19H,2-3,6,8,12,14-15H2,1H3,(H,23,24).